The van der Waals surface area contributed by atoms with E-state index < -0.39 is 0 Å². The highest BCUT2D eigenvalue weighted by Gasteiger charge is 2.17. The van der Waals surface area contributed by atoms with Crippen LogP contribution in [0.4, 0.5) is 0 Å². The summed E-state index contributed by atoms with van der Waals surface area (Å²) in [6.45, 7) is 0.427. The molecule has 3 aromatic carbocycles. The number of nitrogens with one attached hydrogen (secondary N) is 1. The third kappa shape index (κ3) is 5.12. The number of rotatable bonds is 7. The number of fused-ring (bicyclic) bond motifs is 1. The first-order valence-electron chi connectivity index (χ1n) is 9.61. The molecule has 0 aliphatic rings. The van der Waals surface area contributed by atoms with E-state index in [0.717, 1.165) is 25.7 Å². The van der Waals surface area contributed by atoms with Crippen LogP contribution in [0, 0.1) is 0 Å². The number of methoxy groups -OCH3 is 1. The lowest BCUT2D eigenvalue weighted by Crippen LogP contribution is -2.16. The van der Waals surface area contributed by atoms with Crippen LogP contribution in [-0.2, 0) is 6.61 Å². The van der Waals surface area contributed by atoms with Crippen molar-refractivity contribution < 1.29 is 14.3 Å². The van der Waals surface area contributed by atoms with Gasteiger partial charge in [-0.1, -0.05) is 57.9 Å². The summed E-state index contributed by atoms with van der Waals surface area (Å²) in [5, 5.41) is 5.32. The Balaban J connectivity index is 1.49. The molecule has 0 atom stereocenters. The topological polar surface area (TPSA) is 59.9 Å². The van der Waals surface area contributed by atoms with Crippen molar-refractivity contribution >= 4 is 61.1 Å². The van der Waals surface area contributed by atoms with Crippen LogP contribution in [0.1, 0.15) is 20.8 Å². The molecule has 1 N–H and O–H groups in total. The molecule has 4 aromatic rings. The fourth-order valence-electron chi connectivity index (χ4n) is 3.02. The second-order valence-corrected chi connectivity index (χ2v) is 9.11. The van der Waals surface area contributed by atoms with E-state index >= 15 is 0 Å². The highest BCUT2D eigenvalue weighted by Crippen LogP contribution is 2.37. The van der Waals surface area contributed by atoms with Gasteiger partial charge in [0, 0.05) is 20.1 Å². The number of ether oxygens (including phenoxy) is 2. The van der Waals surface area contributed by atoms with Gasteiger partial charge in [-0.15, -0.1) is 11.3 Å². The minimum absolute atomic E-state index is 0.381. The fraction of sp³-hybridized carbons (Fsp3) is 0.0833. The van der Waals surface area contributed by atoms with Gasteiger partial charge in [0.05, 0.1) is 18.3 Å². The normalized spacial score (nSPS) is 11.1. The molecule has 0 aliphatic carbocycles. The van der Waals surface area contributed by atoms with E-state index in [-0.39, 0.29) is 5.91 Å². The number of benzene rings is 3. The van der Waals surface area contributed by atoms with Crippen LogP contribution in [0.2, 0.25) is 5.02 Å². The first-order chi connectivity index (χ1) is 15.5. The highest BCUT2D eigenvalue weighted by molar-refractivity contribution is 9.10. The third-order valence-electron chi connectivity index (χ3n) is 4.62. The molecule has 0 aliphatic heterocycles. The average molecular weight is 530 g/mol. The van der Waals surface area contributed by atoms with Crippen LogP contribution < -0.4 is 14.9 Å². The number of carbonyl (C=O) groups is 1. The van der Waals surface area contributed by atoms with E-state index in [1.165, 1.54) is 11.3 Å². The minimum Gasteiger partial charge on any atom is -0.497 e. The number of amides is 1. The van der Waals surface area contributed by atoms with Crippen LogP contribution in [0.15, 0.2) is 76.3 Å². The van der Waals surface area contributed by atoms with Crippen LogP contribution in [0.25, 0.3) is 10.1 Å². The molecular weight excluding hydrogens is 512 g/mol. The summed E-state index contributed by atoms with van der Waals surface area (Å²) in [5.41, 5.74) is 4.34. The van der Waals surface area contributed by atoms with Crippen LogP contribution in [0.3, 0.4) is 0 Å². The lowest BCUT2D eigenvalue weighted by Gasteiger charge is -2.09. The van der Waals surface area contributed by atoms with E-state index in [1.807, 2.05) is 66.7 Å². The molecule has 0 unspecified atom stereocenters. The maximum absolute atomic E-state index is 12.7. The van der Waals surface area contributed by atoms with E-state index in [1.54, 1.807) is 13.3 Å². The van der Waals surface area contributed by atoms with Crippen LogP contribution in [-0.4, -0.2) is 19.2 Å². The van der Waals surface area contributed by atoms with Gasteiger partial charge in [-0.2, -0.15) is 5.10 Å². The Morgan fingerprint density at radius 2 is 1.97 bits per heavy atom. The maximum Gasteiger partial charge on any atom is 0.283 e. The van der Waals surface area contributed by atoms with Crippen molar-refractivity contribution in [1.82, 2.24) is 5.43 Å². The van der Waals surface area contributed by atoms with Gasteiger partial charge in [0.2, 0.25) is 0 Å². The highest BCUT2D eigenvalue weighted by atomic mass is 79.9. The van der Waals surface area contributed by atoms with E-state index in [2.05, 4.69) is 26.5 Å². The Morgan fingerprint density at radius 3 is 2.75 bits per heavy atom. The number of thiophene rings is 1. The lowest BCUT2D eigenvalue weighted by molar-refractivity contribution is 0.0959. The van der Waals surface area contributed by atoms with Gasteiger partial charge < -0.3 is 9.47 Å². The molecule has 32 heavy (non-hydrogen) atoms. The largest absolute Gasteiger partial charge is 0.497 e. The summed E-state index contributed by atoms with van der Waals surface area (Å²) >= 11 is 11.2. The quantitative estimate of drug-likeness (QED) is 0.215. The molecule has 0 radical (unpaired) electrons. The van der Waals surface area contributed by atoms with Gasteiger partial charge in [-0.3, -0.25) is 4.79 Å². The molecule has 0 saturated carbocycles. The third-order valence-corrected chi connectivity index (χ3v) is 6.77. The Morgan fingerprint density at radius 1 is 1.16 bits per heavy atom. The Bertz CT molecular complexity index is 1290. The SMILES string of the molecule is COc1ccc2c(Cl)c(C(=O)NN=Cc3cc(Br)ccc3OCc3ccccc3)sc2c1. The monoisotopic (exact) mass is 528 g/mol. The van der Waals surface area contributed by atoms with Crippen molar-refractivity contribution in [2.24, 2.45) is 5.10 Å². The number of hydrazone groups is 1. The molecule has 1 heterocycles. The zero-order valence-corrected chi connectivity index (χ0v) is 20.1. The molecule has 0 fully saturated rings. The van der Waals surface area contributed by atoms with Gasteiger partial charge in [-0.25, -0.2) is 5.43 Å². The van der Waals surface area contributed by atoms with Crippen LogP contribution >= 0.6 is 38.9 Å². The standard InChI is InChI=1S/C24H18BrClN2O3S/c1-30-18-8-9-19-21(12-18)32-23(22(19)26)24(29)28-27-13-16-11-17(25)7-10-20(16)31-14-15-5-3-2-4-6-15/h2-13H,14H2,1H3,(H,28,29). The second kappa shape index (κ2) is 10.2. The molecule has 4 rings (SSSR count). The van der Waals surface area contributed by atoms with Crippen molar-refractivity contribution in [2.75, 3.05) is 7.11 Å². The first kappa shape index (κ1) is 22.3. The molecule has 1 aromatic heterocycles. The summed E-state index contributed by atoms with van der Waals surface area (Å²) in [7, 11) is 1.60. The number of hydrogen-bond acceptors (Lipinski definition) is 5. The maximum atomic E-state index is 12.7. The molecule has 1 amide bonds. The predicted molar refractivity (Wildman–Crippen MR) is 133 cm³/mol. The predicted octanol–water partition coefficient (Wildman–Crippen LogP) is 6.67. The number of halogens is 2. The molecule has 0 saturated heterocycles. The Labute approximate surface area is 202 Å². The summed E-state index contributed by atoms with van der Waals surface area (Å²) in [5.74, 6) is 0.980. The van der Waals surface area contributed by atoms with Gasteiger partial charge >= 0.3 is 0 Å². The molecule has 0 bridgehead atoms. The van der Waals surface area contributed by atoms with Gasteiger partial charge in [0.15, 0.2) is 0 Å². The summed E-state index contributed by atoms with van der Waals surface area (Å²) in [6.07, 6.45) is 1.55. The van der Waals surface area contributed by atoms with Crippen molar-refractivity contribution in [1.29, 1.82) is 0 Å². The lowest BCUT2D eigenvalue weighted by atomic mass is 10.2. The summed E-state index contributed by atoms with van der Waals surface area (Å²) < 4.78 is 12.9. The number of nitrogens with zero attached hydrogens (tertiary/aromatic N) is 1. The molecule has 5 nitrogen and oxygen atoms in total. The van der Waals surface area contributed by atoms with Crippen LogP contribution in [0.5, 0.6) is 11.5 Å². The van der Waals surface area contributed by atoms with Crippen molar-refractivity contribution in [3.63, 3.8) is 0 Å². The minimum atomic E-state index is -0.381. The Kier molecular flexibility index (Phi) is 7.09. The molecule has 162 valence electrons. The molecule has 8 heteroatoms. The van der Waals surface area contributed by atoms with E-state index in [9.17, 15) is 4.79 Å². The van der Waals surface area contributed by atoms with Crippen molar-refractivity contribution in [3.8, 4) is 11.5 Å². The number of hydrogen-bond donors (Lipinski definition) is 1. The zero-order valence-electron chi connectivity index (χ0n) is 17.0. The van der Waals surface area contributed by atoms with Gasteiger partial charge in [0.1, 0.15) is 23.0 Å². The fourth-order valence-corrected chi connectivity index (χ4v) is 4.83. The van der Waals surface area contributed by atoms with E-state index in [4.69, 9.17) is 21.1 Å². The van der Waals surface area contributed by atoms with Crippen molar-refractivity contribution in [3.05, 3.63) is 92.2 Å². The zero-order chi connectivity index (χ0) is 22.5. The van der Waals surface area contributed by atoms with Crippen molar-refractivity contribution in [2.45, 2.75) is 6.61 Å². The van der Waals surface area contributed by atoms with E-state index in [0.29, 0.717) is 28.0 Å². The first-order valence-corrected chi connectivity index (χ1v) is 11.6. The van der Waals surface area contributed by atoms with Gasteiger partial charge in [0.25, 0.3) is 5.91 Å². The molecular formula is C24H18BrClN2O3S. The number of carbonyl (C=O) groups excluding carboxylic acids is 1. The average Bonchev–Trinajstić information content (AvgIpc) is 3.15. The Hall–Kier alpha value is -2.87. The second-order valence-electron chi connectivity index (χ2n) is 6.76. The smallest absolute Gasteiger partial charge is 0.283 e. The summed E-state index contributed by atoms with van der Waals surface area (Å²) in [4.78, 5) is 13.1. The summed E-state index contributed by atoms with van der Waals surface area (Å²) in [6, 6.07) is 21.0. The molecule has 0 spiro atoms. The van der Waals surface area contributed by atoms with Gasteiger partial charge in [-0.05, 0) is 42.0 Å².